The number of amides is 3. The van der Waals surface area contributed by atoms with Gasteiger partial charge in [0.2, 0.25) is 17.7 Å². The van der Waals surface area contributed by atoms with E-state index in [1.807, 2.05) is 39.0 Å². The van der Waals surface area contributed by atoms with E-state index in [2.05, 4.69) is 28.9 Å². The predicted molar refractivity (Wildman–Crippen MR) is 144 cm³/mol. The molecule has 3 aliphatic rings. The molecule has 200 valence electrons. The van der Waals surface area contributed by atoms with Crippen LogP contribution < -0.4 is 16.0 Å². The highest BCUT2D eigenvalue weighted by Gasteiger charge is 2.52. The van der Waals surface area contributed by atoms with Crippen molar-refractivity contribution in [2.45, 2.75) is 97.2 Å². The van der Waals surface area contributed by atoms with Crippen LogP contribution >= 0.6 is 0 Å². The van der Waals surface area contributed by atoms with E-state index in [9.17, 15) is 19.6 Å². The van der Waals surface area contributed by atoms with Gasteiger partial charge in [-0.1, -0.05) is 58.9 Å². The molecule has 8 nitrogen and oxygen atoms in total. The zero-order chi connectivity index (χ0) is 26.7. The lowest BCUT2D eigenvalue weighted by molar-refractivity contribution is -0.144. The van der Waals surface area contributed by atoms with E-state index in [4.69, 9.17) is 0 Å². The maximum Gasteiger partial charge on any atom is 0.247 e. The maximum atomic E-state index is 13.7. The quantitative estimate of drug-likeness (QED) is 0.548. The van der Waals surface area contributed by atoms with Crippen LogP contribution in [0.25, 0.3) is 0 Å². The van der Waals surface area contributed by atoms with Gasteiger partial charge in [0.15, 0.2) is 0 Å². The lowest BCUT2D eigenvalue weighted by Crippen LogP contribution is -2.55. The van der Waals surface area contributed by atoms with Gasteiger partial charge >= 0.3 is 0 Å². The van der Waals surface area contributed by atoms with Gasteiger partial charge < -0.3 is 20.9 Å². The van der Waals surface area contributed by atoms with Crippen molar-refractivity contribution >= 4 is 29.1 Å². The van der Waals surface area contributed by atoms with Crippen molar-refractivity contribution in [3.05, 3.63) is 23.8 Å². The Hall–Kier alpha value is -3.08. The summed E-state index contributed by atoms with van der Waals surface area (Å²) in [6.07, 6.45) is 7.53. The van der Waals surface area contributed by atoms with Crippen molar-refractivity contribution in [2.24, 2.45) is 17.3 Å². The minimum atomic E-state index is -0.868. The summed E-state index contributed by atoms with van der Waals surface area (Å²) < 4.78 is 0. The summed E-state index contributed by atoms with van der Waals surface area (Å²) >= 11 is 0. The van der Waals surface area contributed by atoms with Crippen LogP contribution in [-0.4, -0.2) is 47.3 Å². The first-order chi connectivity index (χ1) is 17.6. The van der Waals surface area contributed by atoms with Crippen LogP contribution in [-0.2, 0) is 14.4 Å². The van der Waals surface area contributed by atoms with Crippen LogP contribution in [0.3, 0.4) is 0 Å². The standard InChI is InChI=1S/C29H41N5O3/c1-18-12-13-22-23(14-18)32-24(26(35)33-22)15-21(16-30)31-27(36)25-29(3,4)19(2)17-34(25)28(37)20-10-8-6-5-7-9-11-20/h12-14,19-21,24-25,32H,5-11,15,17H2,1-4H3,(H,31,36)(H,33,35). The van der Waals surface area contributed by atoms with Gasteiger partial charge in [-0.25, -0.2) is 0 Å². The molecule has 0 bridgehead atoms. The molecule has 0 aromatic heterocycles. The molecule has 1 aromatic rings. The smallest absolute Gasteiger partial charge is 0.247 e. The normalized spacial score (nSPS) is 26.5. The van der Waals surface area contributed by atoms with Crippen LogP contribution in [0, 0.1) is 35.5 Å². The molecule has 1 aliphatic carbocycles. The lowest BCUT2D eigenvalue weighted by Gasteiger charge is -2.35. The van der Waals surface area contributed by atoms with Gasteiger partial charge in [-0.3, -0.25) is 14.4 Å². The number of rotatable bonds is 5. The molecule has 4 rings (SSSR count). The number of nitriles is 1. The number of hydrogen-bond donors (Lipinski definition) is 3. The van der Waals surface area contributed by atoms with Crippen molar-refractivity contribution < 1.29 is 14.4 Å². The van der Waals surface area contributed by atoms with Crippen molar-refractivity contribution in [3.8, 4) is 6.07 Å². The number of nitrogens with zero attached hydrogens (tertiary/aromatic N) is 2. The number of aryl methyl sites for hydroxylation is 1. The highest BCUT2D eigenvalue weighted by molar-refractivity contribution is 6.03. The van der Waals surface area contributed by atoms with Gasteiger partial charge in [0, 0.05) is 18.9 Å². The Morgan fingerprint density at radius 3 is 2.51 bits per heavy atom. The fraction of sp³-hybridized carbons (Fsp3) is 0.655. The van der Waals surface area contributed by atoms with E-state index in [0.717, 1.165) is 49.8 Å². The van der Waals surface area contributed by atoms with Gasteiger partial charge in [0.1, 0.15) is 18.1 Å². The summed E-state index contributed by atoms with van der Waals surface area (Å²) in [4.78, 5) is 41.9. The van der Waals surface area contributed by atoms with E-state index >= 15 is 0 Å². The molecule has 4 unspecified atom stereocenters. The Morgan fingerprint density at radius 1 is 1.16 bits per heavy atom. The molecule has 1 saturated heterocycles. The van der Waals surface area contributed by atoms with Crippen LogP contribution in [0.2, 0.25) is 0 Å². The van der Waals surface area contributed by atoms with E-state index in [-0.39, 0.29) is 36.0 Å². The first-order valence-electron chi connectivity index (χ1n) is 13.8. The summed E-state index contributed by atoms with van der Waals surface area (Å²) in [6.45, 7) is 8.66. The summed E-state index contributed by atoms with van der Waals surface area (Å²) in [6, 6.07) is 5.72. The molecule has 1 saturated carbocycles. The van der Waals surface area contributed by atoms with Gasteiger partial charge in [-0.05, 0) is 48.8 Å². The van der Waals surface area contributed by atoms with E-state index < -0.39 is 23.5 Å². The molecule has 2 fully saturated rings. The minimum absolute atomic E-state index is 0.0397. The Bertz CT molecular complexity index is 1070. The second kappa shape index (κ2) is 11.1. The number of hydrogen-bond acceptors (Lipinski definition) is 5. The minimum Gasteiger partial charge on any atom is -0.372 e. The second-order valence-corrected chi connectivity index (χ2v) is 11.8. The first-order valence-corrected chi connectivity index (χ1v) is 13.8. The molecule has 4 atom stereocenters. The summed E-state index contributed by atoms with van der Waals surface area (Å²) in [5.74, 6) is -0.364. The zero-order valence-corrected chi connectivity index (χ0v) is 22.6. The monoisotopic (exact) mass is 507 g/mol. The largest absolute Gasteiger partial charge is 0.372 e. The van der Waals surface area contributed by atoms with E-state index in [1.165, 1.54) is 6.42 Å². The number of fused-ring (bicyclic) bond motifs is 1. The number of likely N-dealkylation sites (tertiary alicyclic amines) is 1. The van der Waals surface area contributed by atoms with Crippen molar-refractivity contribution in [1.29, 1.82) is 5.26 Å². The number of carbonyl (C=O) groups is 3. The molecule has 2 heterocycles. The highest BCUT2D eigenvalue weighted by atomic mass is 16.2. The molecule has 0 spiro atoms. The van der Waals surface area contributed by atoms with Crippen molar-refractivity contribution in [1.82, 2.24) is 10.2 Å². The molecule has 3 amide bonds. The van der Waals surface area contributed by atoms with E-state index in [0.29, 0.717) is 12.2 Å². The Labute approximate surface area is 220 Å². The topological polar surface area (TPSA) is 114 Å². The third kappa shape index (κ3) is 5.76. The zero-order valence-electron chi connectivity index (χ0n) is 22.6. The van der Waals surface area contributed by atoms with Crippen LogP contribution in [0.5, 0.6) is 0 Å². The number of carbonyl (C=O) groups excluding carboxylic acids is 3. The second-order valence-electron chi connectivity index (χ2n) is 11.8. The summed E-state index contributed by atoms with van der Waals surface area (Å²) in [7, 11) is 0. The van der Waals surface area contributed by atoms with Crippen molar-refractivity contribution in [2.75, 3.05) is 17.2 Å². The fourth-order valence-corrected chi connectivity index (χ4v) is 6.10. The fourth-order valence-electron chi connectivity index (χ4n) is 6.10. The van der Waals surface area contributed by atoms with Crippen LogP contribution in [0.15, 0.2) is 18.2 Å². The molecule has 8 heteroatoms. The molecule has 3 N–H and O–H groups in total. The van der Waals surface area contributed by atoms with Crippen molar-refractivity contribution in [3.63, 3.8) is 0 Å². The summed E-state index contributed by atoms with van der Waals surface area (Å²) in [5.41, 5.74) is 2.12. The molecule has 2 aliphatic heterocycles. The third-order valence-electron chi connectivity index (χ3n) is 8.77. The highest BCUT2D eigenvalue weighted by Crippen LogP contribution is 2.42. The van der Waals surface area contributed by atoms with Gasteiger partial charge in [-0.15, -0.1) is 0 Å². The SMILES string of the molecule is Cc1ccc2c(c1)NC(CC(C#N)NC(=O)C1N(C(=O)C3CCCCCCC3)CC(C)C1(C)C)C(=O)N2. The number of anilines is 2. The average molecular weight is 508 g/mol. The molecular formula is C29H41N5O3. The molecule has 37 heavy (non-hydrogen) atoms. The van der Waals surface area contributed by atoms with Crippen LogP contribution in [0.4, 0.5) is 11.4 Å². The molecule has 1 aromatic carbocycles. The first kappa shape index (κ1) is 27.0. The predicted octanol–water partition coefficient (Wildman–Crippen LogP) is 4.36. The Kier molecular flexibility index (Phi) is 8.11. The van der Waals surface area contributed by atoms with E-state index in [1.54, 1.807) is 4.90 Å². The summed E-state index contributed by atoms with van der Waals surface area (Å²) in [5, 5.41) is 18.9. The Balaban J connectivity index is 1.47. The lowest BCUT2D eigenvalue weighted by atomic mass is 9.77. The average Bonchev–Trinajstić information content (AvgIpc) is 3.07. The molecular weight excluding hydrogens is 466 g/mol. The van der Waals surface area contributed by atoms with Crippen LogP contribution in [0.1, 0.15) is 77.7 Å². The van der Waals surface area contributed by atoms with Gasteiger partial charge in [-0.2, -0.15) is 5.26 Å². The number of nitrogens with one attached hydrogen (secondary N) is 3. The molecule has 0 radical (unpaired) electrons. The van der Waals surface area contributed by atoms with Gasteiger partial charge in [0.05, 0.1) is 17.4 Å². The maximum absolute atomic E-state index is 13.7. The third-order valence-corrected chi connectivity index (χ3v) is 8.77. The number of benzene rings is 1. The van der Waals surface area contributed by atoms with Gasteiger partial charge in [0.25, 0.3) is 0 Å². The Morgan fingerprint density at radius 2 is 1.84 bits per heavy atom.